The van der Waals surface area contributed by atoms with E-state index >= 15 is 0 Å². The van der Waals surface area contributed by atoms with Crippen LogP contribution in [0.2, 0.25) is 0 Å². The third-order valence-corrected chi connectivity index (χ3v) is 5.44. The molecule has 0 aliphatic carbocycles. The van der Waals surface area contributed by atoms with Crippen LogP contribution in [0.1, 0.15) is 45.7 Å². The number of nitrogens with zero attached hydrogens (tertiary/aromatic N) is 2. The van der Waals surface area contributed by atoms with Gasteiger partial charge in [-0.1, -0.05) is 6.07 Å². The van der Waals surface area contributed by atoms with Crippen molar-refractivity contribution in [3.05, 3.63) is 63.1 Å². The summed E-state index contributed by atoms with van der Waals surface area (Å²) in [6.45, 7) is 0.833. The SMILES string of the molecule is O=C(NCc1ccc(F)c(F)c1)c1cn2c(c(O)c1=O)C(=O)N1CCCC[C@@H]1C2. The Labute approximate surface area is 164 Å². The van der Waals surface area contributed by atoms with Crippen LogP contribution >= 0.6 is 0 Å². The third-order valence-electron chi connectivity index (χ3n) is 5.44. The van der Waals surface area contributed by atoms with Crippen molar-refractivity contribution in [2.45, 2.75) is 38.4 Å². The Morgan fingerprint density at radius 3 is 2.76 bits per heavy atom. The van der Waals surface area contributed by atoms with Gasteiger partial charge in [0.15, 0.2) is 23.1 Å². The van der Waals surface area contributed by atoms with E-state index in [9.17, 15) is 28.3 Å². The zero-order valence-electron chi connectivity index (χ0n) is 15.5. The van der Waals surface area contributed by atoms with Crippen molar-refractivity contribution >= 4 is 11.8 Å². The molecule has 9 heteroatoms. The van der Waals surface area contributed by atoms with Gasteiger partial charge in [0, 0.05) is 31.9 Å². The Bertz CT molecular complexity index is 1070. The van der Waals surface area contributed by atoms with Gasteiger partial charge in [0.25, 0.3) is 11.8 Å². The minimum Gasteiger partial charge on any atom is -0.503 e. The quantitative estimate of drug-likeness (QED) is 0.817. The van der Waals surface area contributed by atoms with E-state index in [-0.39, 0.29) is 23.8 Å². The summed E-state index contributed by atoms with van der Waals surface area (Å²) < 4.78 is 27.8. The molecule has 2 aliphatic rings. The van der Waals surface area contributed by atoms with E-state index in [0.717, 1.165) is 31.4 Å². The Morgan fingerprint density at radius 1 is 1.21 bits per heavy atom. The molecule has 2 N–H and O–H groups in total. The number of hydrogen-bond acceptors (Lipinski definition) is 4. The highest BCUT2D eigenvalue weighted by Crippen LogP contribution is 2.28. The van der Waals surface area contributed by atoms with Gasteiger partial charge in [-0.2, -0.15) is 0 Å². The lowest BCUT2D eigenvalue weighted by atomic mass is 9.98. The molecule has 152 valence electrons. The molecule has 2 aromatic rings. The van der Waals surface area contributed by atoms with Crippen molar-refractivity contribution in [1.82, 2.24) is 14.8 Å². The number of aromatic hydroxyl groups is 1. The summed E-state index contributed by atoms with van der Waals surface area (Å²) in [6.07, 6.45) is 3.95. The van der Waals surface area contributed by atoms with Crippen LogP contribution in [-0.4, -0.2) is 39.0 Å². The second-order valence-electron chi connectivity index (χ2n) is 7.30. The molecule has 4 rings (SSSR count). The number of nitrogens with one attached hydrogen (secondary N) is 1. The number of carbonyl (C=O) groups excluding carboxylic acids is 2. The van der Waals surface area contributed by atoms with Gasteiger partial charge in [0.1, 0.15) is 5.56 Å². The largest absolute Gasteiger partial charge is 0.503 e. The Morgan fingerprint density at radius 2 is 2.00 bits per heavy atom. The molecule has 0 saturated carbocycles. The molecular formula is C20H19F2N3O4. The maximum Gasteiger partial charge on any atom is 0.274 e. The van der Waals surface area contributed by atoms with Gasteiger partial charge >= 0.3 is 0 Å². The Balaban J connectivity index is 1.60. The van der Waals surface area contributed by atoms with Crippen LogP contribution in [0, 0.1) is 11.6 Å². The number of carbonyl (C=O) groups is 2. The Hall–Kier alpha value is -3.23. The minimum atomic E-state index is -1.04. The molecule has 1 saturated heterocycles. The van der Waals surface area contributed by atoms with E-state index in [4.69, 9.17) is 0 Å². The van der Waals surface area contributed by atoms with Crippen molar-refractivity contribution in [1.29, 1.82) is 0 Å². The molecule has 1 aromatic heterocycles. The summed E-state index contributed by atoms with van der Waals surface area (Å²) >= 11 is 0. The van der Waals surface area contributed by atoms with E-state index in [1.54, 1.807) is 4.90 Å². The minimum absolute atomic E-state index is 0.0382. The van der Waals surface area contributed by atoms with Crippen LogP contribution in [0.3, 0.4) is 0 Å². The van der Waals surface area contributed by atoms with E-state index in [2.05, 4.69) is 5.32 Å². The molecule has 1 atom stereocenters. The maximum atomic E-state index is 13.3. The van der Waals surface area contributed by atoms with E-state index in [0.29, 0.717) is 18.7 Å². The van der Waals surface area contributed by atoms with Gasteiger partial charge in [0.2, 0.25) is 5.43 Å². The van der Waals surface area contributed by atoms with E-state index < -0.39 is 34.6 Å². The van der Waals surface area contributed by atoms with Crippen LogP contribution in [0.5, 0.6) is 5.75 Å². The van der Waals surface area contributed by atoms with Crippen LogP contribution in [-0.2, 0) is 13.1 Å². The normalized spacial score (nSPS) is 18.2. The fourth-order valence-electron chi connectivity index (χ4n) is 3.93. The highest BCUT2D eigenvalue weighted by molar-refractivity contribution is 5.99. The number of hydrogen-bond donors (Lipinski definition) is 2. The van der Waals surface area contributed by atoms with Gasteiger partial charge in [-0.15, -0.1) is 0 Å². The topological polar surface area (TPSA) is 91.6 Å². The number of halogens is 2. The van der Waals surface area contributed by atoms with E-state index in [1.807, 2.05) is 0 Å². The summed E-state index contributed by atoms with van der Waals surface area (Å²) in [7, 11) is 0. The predicted molar refractivity (Wildman–Crippen MR) is 98.6 cm³/mol. The van der Waals surface area contributed by atoms with Crippen LogP contribution in [0.25, 0.3) is 0 Å². The lowest BCUT2D eigenvalue weighted by Gasteiger charge is -2.40. The predicted octanol–water partition coefficient (Wildman–Crippen LogP) is 1.77. The van der Waals surface area contributed by atoms with Gasteiger partial charge in [-0.25, -0.2) is 8.78 Å². The summed E-state index contributed by atoms with van der Waals surface area (Å²) in [6, 6.07) is 3.16. The van der Waals surface area contributed by atoms with Gasteiger partial charge in [-0.3, -0.25) is 14.4 Å². The number of amides is 2. The fraction of sp³-hybridized carbons (Fsp3) is 0.350. The maximum absolute atomic E-state index is 13.3. The number of fused-ring (bicyclic) bond motifs is 2. The van der Waals surface area contributed by atoms with Crippen LogP contribution in [0.4, 0.5) is 8.78 Å². The molecule has 0 unspecified atom stereocenters. The standard InChI is InChI=1S/C20H19F2N3O4/c21-14-5-4-11(7-15(14)22)8-23-19(28)13-10-24-9-12-3-1-2-6-25(12)20(29)16(24)18(27)17(13)26/h4-5,7,10,12,27H,1-3,6,8-9H2,(H,23,28)/t12-/m1/s1. The number of aromatic nitrogens is 1. The summed E-state index contributed by atoms with van der Waals surface area (Å²) in [5.41, 5.74) is -1.05. The van der Waals surface area contributed by atoms with Crippen molar-refractivity contribution in [3.63, 3.8) is 0 Å². The van der Waals surface area contributed by atoms with Crippen molar-refractivity contribution in [2.24, 2.45) is 0 Å². The highest BCUT2D eigenvalue weighted by atomic mass is 19.2. The average molecular weight is 403 g/mol. The lowest BCUT2D eigenvalue weighted by Crippen LogP contribution is -2.51. The lowest BCUT2D eigenvalue weighted by molar-refractivity contribution is 0.0504. The Kier molecular flexibility index (Phi) is 4.81. The molecule has 29 heavy (non-hydrogen) atoms. The number of rotatable bonds is 3. The van der Waals surface area contributed by atoms with Gasteiger partial charge < -0.3 is 19.9 Å². The van der Waals surface area contributed by atoms with Crippen molar-refractivity contribution < 1.29 is 23.5 Å². The summed E-state index contributed by atoms with van der Waals surface area (Å²) in [4.78, 5) is 39.4. The average Bonchev–Trinajstić information content (AvgIpc) is 2.71. The molecule has 0 spiro atoms. The molecule has 1 fully saturated rings. The number of piperidine rings is 1. The van der Waals surface area contributed by atoms with Crippen molar-refractivity contribution in [2.75, 3.05) is 6.54 Å². The smallest absolute Gasteiger partial charge is 0.274 e. The molecular weight excluding hydrogens is 384 g/mol. The zero-order chi connectivity index (χ0) is 20.7. The van der Waals surface area contributed by atoms with Crippen LogP contribution in [0.15, 0.2) is 29.2 Å². The molecule has 3 heterocycles. The molecule has 0 bridgehead atoms. The summed E-state index contributed by atoms with van der Waals surface area (Å²) in [5.74, 6) is -3.98. The molecule has 7 nitrogen and oxygen atoms in total. The summed E-state index contributed by atoms with van der Waals surface area (Å²) in [5, 5.41) is 12.8. The second kappa shape index (κ2) is 7.31. The highest BCUT2D eigenvalue weighted by Gasteiger charge is 2.37. The zero-order valence-corrected chi connectivity index (χ0v) is 15.5. The number of pyridine rings is 1. The monoisotopic (exact) mass is 403 g/mol. The molecule has 1 aromatic carbocycles. The fourth-order valence-corrected chi connectivity index (χ4v) is 3.93. The van der Waals surface area contributed by atoms with E-state index in [1.165, 1.54) is 16.8 Å². The number of benzene rings is 1. The first kappa shape index (κ1) is 19.1. The van der Waals surface area contributed by atoms with Crippen molar-refractivity contribution in [3.8, 4) is 5.75 Å². The first-order chi connectivity index (χ1) is 13.9. The molecule has 2 aliphatic heterocycles. The van der Waals surface area contributed by atoms with Gasteiger partial charge in [0.05, 0.1) is 0 Å². The second-order valence-corrected chi connectivity index (χ2v) is 7.30. The molecule has 0 radical (unpaired) electrons. The molecule has 2 amide bonds. The third kappa shape index (κ3) is 3.37. The van der Waals surface area contributed by atoms with Gasteiger partial charge in [-0.05, 0) is 37.0 Å². The first-order valence-corrected chi connectivity index (χ1v) is 9.36. The van der Waals surface area contributed by atoms with Crippen LogP contribution < -0.4 is 10.7 Å². The first-order valence-electron chi connectivity index (χ1n) is 9.36.